The maximum absolute atomic E-state index is 2.20. The molecule has 88 valence electrons. The molecule has 0 saturated heterocycles. The molecule has 0 radical (unpaired) electrons. The van der Waals surface area contributed by atoms with Crippen LogP contribution in [0.25, 0.3) is 10.8 Å². The summed E-state index contributed by atoms with van der Waals surface area (Å²) in [5, 5.41) is 2.69. The van der Waals surface area contributed by atoms with Crippen LogP contribution in [-0.4, -0.2) is 0 Å². The Kier molecular flexibility index (Phi) is 5.04. The van der Waals surface area contributed by atoms with Gasteiger partial charge in [-0.3, -0.25) is 0 Å². The summed E-state index contributed by atoms with van der Waals surface area (Å²) in [4.78, 5) is 0. The van der Waals surface area contributed by atoms with E-state index in [1.165, 1.54) is 16.3 Å². The van der Waals surface area contributed by atoms with Crippen LogP contribution in [0.4, 0.5) is 0 Å². The second kappa shape index (κ2) is 6.32. The van der Waals surface area contributed by atoms with Crippen LogP contribution in [0, 0.1) is 6.92 Å². The minimum Gasteiger partial charge on any atom is -0.748 e. The smallest absolute Gasteiger partial charge is 0 e. The van der Waals surface area contributed by atoms with Crippen molar-refractivity contribution in [3.8, 4) is 0 Å². The summed E-state index contributed by atoms with van der Waals surface area (Å²) in [6.45, 7) is 2.12. The molecule has 0 amide bonds. The SMILES string of the molecule is C[c-]1cc2ccccc2c1.[Fe].[cH-]1[cH-][cH-][cH-][cH-]1. The first-order valence-corrected chi connectivity index (χ1v) is 5.15. The van der Waals surface area contributed by atoms with Gasteiger partial charge in [-0.25, -0.2) is 0 Å². The van der Waals surface area contributed by atoms with Crippen molar-refractivity contribution in [2.24, 2.45) is 0 Å². The second-order valence-corrected chi connectivity index (χ2v) is 3.62. The van der Waals surface area contributed by atoms with Gasteiger partial charge in [0.2, 0.25) is 0 Å². The van der Waals surface area contributed by atoms with Crippen molar-refractivity contribution < 1.29 is 17.1 Å². The van der Waals surface area contributed by atoms with Gasteiger partial charge in [0, 0.05) is 17.1 Å². The van der Waals surface area contributed by atoms with E-state index in [9.17, 15) is 0 Å². The predicted octanol–water partition coefficient (Wildman–Crippen LogP) is 4.27. The third kappa shape index (κ3) is 3.37. The summed E-state index contributed by atoms with van der Waals surface area (Å²) >= 11 is 0. The predicted molar refractivity (Wildman–Crippen MR) is 66.3 cm³/mol. The van der Waals surface area contributed by atoms with E-state index in [2.05, 4.69) is 43.3 Å². The minimum absolute atomic E-state index is 0. The van der Waals surface area contributed by atoms with Gasteiger partial charge in [0.15, 0.2) is 0 Å². The Hall–Kier alpha value is -1.30. The van der Waals surface area contributed by atoms with Gasteiger partial charge in [0.25, 0.3) is 0 Å². The van der Waals surface area contributed by atoms with Crippen molar-refractivity contribution in [2.75, 3.05) is 0 Å². The van der Waals surface area contributed by atoms with Crippen LogP contribution >= 0.6 is 0 Å². The molecule has 3 aromatic rings. The van der Waals surface area contributed by atoms with E-state index in [0.29, 0.717) is 0 Å². The Bertz CT molecular complexity index is 453. The Morgan fingerprint density at radius 1 is 0.812 bits per heavy atom. The summed E-state index contributed by atoms with van der Waals surface area (Å²) in [6, 6.07) is 22.8. The van der Waals surface area contributed by atoms with Gasteiger partial charge in [-0.2, -0.15) is 28.5 Å². The molecule has 0 atom stereocenters. The maximum atomic E-state index is 2.20. The van der Waals surface area contributed by atoms with Crippen molar-refractivity contribution in [1.29, 1.82) is 0 Å². The third-order valence-corrected chi connectivity index (χ3v) is 2.32. The van der Waals surface area contributed by atoms with Crippen molar-refractivity contribution >= 4 is 10.8 Å². The number of hydrogen-bond acceptors (Lipinski definition) is 0. The van der Waals surface area contributed by atoms with Crippen LogP contribution in [0.1, 0.15) is 5.56 Å². The zero-order valence-corrected chi connectivity index (χ0v) is 10.3. The van der Waals surface area contributed by atoms with Crippen molar-refractivity contribution in [1.82, 2.24) is 0 Å². The average Bonchev–Trinajstić information content (AvgIpc) is 2.87. The zero-order chi connectivity index (χ0) is 10.5. The maximum Gasteiger partial charge on any atom is 0 e. The van der Waals surface area contributed by atoms with Crippen LogP contribution in [0.5, 0.6) is 0 Å². The van der Waals surface area contributed by atoms with Crippen LogP contribution < -0.4 is 0 Å². The molecule has 16 heavy (non-hydrogen) atoms. The van der Waals surface area contributed by atoms with E-state index in [1.807, 2.05) is 30.3 Å². The normalized spacial score (nSPS) is 9.06. The third-order valence-electron chi connectivity index (χ3n) is 2.32. The van der Waals surface area contributed by atoms with Crippen molar-refractivity contribution in [3.05, 3.63) is 72.3 Å². The van der Waals surface area contributed by atoms with E-state index in [1.54, 1.807) is 0 Å². The van der Waals surface area contributed by atoms with Gasteiger partial charge < -0.3 is 30.3 Å². The van der Waals surface area contributed by atoms with Gasteiger partial charge in [-0.15, -0.1) is 12.1 Å². The van der Waals surface area contributed by atoms with Crippen LogP contribution in [0.3, 0.4) is 0 Å². The fourth-order valence-corrected chi connectivity index (χ4v) is 1.63. The molecule has 0 aliphatic rings. The molecule has 0 aromatic heterocycles. The van der Waals surface area contributed by atoms with E-state index in [-0.39, 0.29) is 17.1 Å². The molecular weight excluding hydrogens is 236 g/mol. The summed E-state index contributed by atoms with van der Waals surface area (Å²) < 4.78 is 0. The summed E-state index contributed by atoms with van der Waals surface area (Å²) in [5.74, 6) is 0. The topological polar surface area (TPSA) is 0 Å². The first-order valence-electron chi connectivity index (χ1n) is 5.15. The molecule has 0 aliphatic carbocycles. The molecule has 0 unspecified atom stereocenters. The molecule has 0 N–H and O–H groups in total. The number of rotatable bonds is 0. The monoisotopic (exact) mass is 250 g/mol. The summed E-state index contributed by atoms with van der Waals surface area (Å²) in [5.41, 5.74) is 1.35. The van der Waals surface area contributed by atoms with E-state index < -0.39 is 0 Å². The standard InChI is InChI=1S/C10H9.C5H5.Fe/c1-8-6-9-4-2-3-5-10(9)7-8;1-2-4-5-3-1;/h2-7H,1H3;1-5H;/q-1;-5;. The quantitative estimate of drug-likeness (QED) is 0.413. The average molecular weight is 250 g/mol. The largest absolute Gasteiger partial charge is 0.748 e. The number of fused-ring (bicyclic) bond motifs is 1. The van der Waals surface area contributed by atoms with Crippen LogP contribution in [-0.2, 0) is 17.1 Å². The summed E-state index contributed by atoms with van der Waals surface area (Å²) in [7, 11) is 0. The van der Waals surface area contributed by atoms with Gasteiger partial charge in [0.05, 0.1) is 0 Å². The minimum atomic E-state index is 0. The molecule has 0 heterocycles. The molecule has 0 nitrogen and oxygen atoms in total. The summed E-state index contributed by atoms with van der Waals surface area (Å²) in [6.07, 6.45) is 0. The number of aryl methyl sites for hydroxylation is 1. The van der Waals surface area contributed by atoms with Crippen molar-refractivity contribution in [2.45, 2.75) is 6.92 Å². The zero-order valence-electron chi connectivity index (χ0n) is 9.20. The van der Waals surface area contributed by atoms with Crippen molar-refractivity contribution in [3.63, 3.8) is 0 Å². The van der Waals surface area contributed by atoms with Gasteiger partial charge in [-0.05, 0) is 0 Å². The first-order chi connectivity index (χ1) is 7.36. The Balaban J connectivity index is 0.000000183. The molecular formula is C15H14Fe-6. The van der Waals surface area contributed by atoms with Crippen LogP contribution in [0.15, 0.2) is 66.7 Å². The van der Waals surface area contributed by atoms with Gasteiger partial charge >= 0.3 is 0 Å². The molecule has 0 saturated carbocycles. The number of hydrogen-bond donors (Lipinski definition) is 0. The van der Waals surface area contributed by atoms with E-state index in [0.717, 1.165) is 0 Å². The van der Waals surface area contributed by atoms with Gasteiger partial charge in [0.1, 0.15) is 0 Å². The first kappa shape index (κ1) is 12.8. The van der Waals surface area contributed by atoms with E-state index >= 15 is 0 Å². The fraction of sp³-hybridized carbons (Fsp3) is 0.0667. The molecule has 1 heteroatoms. The van der Waals surface area contributed by atoms with Crippen LogP contribution in [0.2, 0.25) is 0 Å². The van der Waals surface area contributed by atoms with Gasteiger partial charge in [-0.1, -0.05) is 19.1 Å². The molecule has 0 bridgehead atoms. The van der Waals surface area contributed by atoms with E-state index in [4.69, 9.17) is 0 Å². The second-order valence-electron chi connectivity index (χ2n) is 3.62. The Labute approximate surface area is 107 Å². The molecule has 0 fully saturated rings. The molecule has 0 spiro atoms. The molecule has 3 aromatic carbocycles. The Morgan fingerprint density at radius 2 is 1.19 bits per heavy atom. The number of benzene rings is 1. The molecule has 3 rings (SSSR count). The Morgan fingerprint density at radius 3 is 1.56 bits per heavy atom. The fourth-order valence-electron chi connectivity index (χ4n) is 1.63. The molecule has 0 aliphatic heterocycles.